The first kappa shape index (κ1) is 17.4. The molecule has 3 rings (SSSR count). The van der Waals surface area contributed by atoms with E-state index in [-0.39, 0.29) is 17.5 Å². The Morgan fingerprint density at radius 1 is 1.28 bits per heavy atom. The SMILES string of the molecule is Cc1cc(CCc2ccccc2)oc(=O)c1C(=O)N1CCN[C@H](C)C1. The molecule has 1 saturated heterocycles. The summed E-state index contributed by atoms with van der Waals surface area (Å²) in [5.41, 5.74) is 1.52. The highest BCUT2D eigenvalue weighted by Gasteiger charge is 2.26. The van der Waals surface area contributed by atoms with Crippen molar-refractivity contribution in [2.75, 3.05) is 19.6 Å². The van der Waals surface area contributed by atoms with Crippen LogP contribution in [0.3, 0.4) is 0 Å². The molecule has 1 N–H and O–H groups in total. The van der Waals surface area contributed by atoms with E-state index in [1.54, 1.807) is 4.90 Å². The fourth-order valence-electron chi connectivity index (χ4n) is 3.24. The molecule has 0 bridgehead atoms. The number of carbonyl (C=O) groups excluding carboxylic acids is 1. The van der Waals surface area contributed by atoms with Crippen molar-refractivity contribution in [2.45, 2.75) is 32.7 Å². The fourth-order valence-corrected chi connectivity index (χ4v) is 3.24. The highest BCUT2D eigenvalue weighted by Crippen LogP contribution is 2.13. The molecule has 1 atom stereocenters. The Morgan fingerprint density at radius 2 is 2.04 bits per heavy atom. The van der Waals surface area contributed by atoms with Gasteiger partial charge in [-0.25, -0.2) is 4.79 Å². The lowest BCUT2D eigenvalue weighted by Gasteiger charge is -2.31. The number of rotatable bonds is 4. The third-order valence-electron chi connectivity index (χ3n) is 4.57. The van der Waals surface area contributed by atoms with Crippen LogP contribution in [-0.4, -0.2) is 36.5 Å². The summed E-state index contributed by atoms with van der Waals surface area (Å²) in [6, 6.07) is 12.1. The first-order valence-corrected chi connectivity index (χ1v) is 8.75. The van der Waals surface area contributed by atoms with Gasteiger partial charge in [-0.15, -0.1) is 0 Å². The van der Waals surface area contributed by atoms with Gasteiger partial charge in [-0.2, -0.15) is 0 Å². The normalized spacial score (nSPS) is 17.5. The molecule has 0 saturated carbocycles. The Balaban J connectivity index is 1.76. The average molecular weight is 340 g/mol. The van der Waals surface area contributed by atoms with Crippen molar-refractivity contribution >= 4 is 5.91 Å². The molecular formula is C20H24N2O3. The number of nitrogens with one attached hydrogen (secondary N) is 1. The van der Waals surface area contributed by atoms with Gasteiger partial charge >= 0.3 is 5.63 Å². The van der Waals surface area contributed by atoms with Gasteiger partial charge in [0.1, 0.15) is 11.3 Å². The summed E-state index contributed by atoms with van der Waals surface area (Å²) >= 11 is 0. The van der Waals surface area contributed by atoms with Gasteiger partial charge in [0.2, 0.25) is 0 Å². The molecule has 2 aromatic rings. The zero-order valence-corrected chi connectivity index (χ0v) is 14.7. The van der Waals surface area contributed by atoms with Crippen LogP contribution in [0.25, 0.3) is 0 Å². The summed E-state index contributed by atoms with van der Waals surface area (Å²) in [6.07, 6.45) is 1.44. The van der Waals surface area contributed by atoms with Crippen molar-refractivity contribution < 1.29 is 9.21 Å². The quantitative estimate of drug-likeness (QED) is 0.926. The molecule has 1 aromatic heterocycles. The van der Waals surface area contributed by atoms with Crippen LogP contribution < -0.4 is 10.9 Å². The maximum atomic E-state index is 12.7. The minimum absolute atomic E-state index is 0.164. The molecule has 1 aliphatic rings. The van der Waals surface area contributed by atoms with Gasteiger partial charge in [0.25, 0.3) is 5.91 Å². The topological polar surface area (TPSA) is 62.6 Å². The Hall–Kier alpha value is -2.40. The lowest BCUT2D eigenvalue weighted by atomic mass is 10.1. The van der Waals surface area contributed by atoms with E-state index in [1.807, 2.05) is 38.1 Å². The summed E-state index contributed by atoms with van der Waals surface area (Å²) in [5.74, 6) is 0.394. The highest BCUT2D eigenvalue weighted by atomic mass is 16.4. The molecule has 0 aliphatic carbocycles. The summed E-state index contributed by atoms with van der Waals surface area (Å²) in [5, 5.41) is 3.29. The van der Waals surface area contributed by atoms with Crippen LogP contribution in [0.1, 0.15) is 34.2 Å². The maximum absolute atomic E-state index is 12.7. The van der Waals surface area contributed by atoms with Crippen molar-refractivity contribution in [3.05, 3.63) is 69.3 Å². The number of hydrogen-bond donors (Lipinski definition) is 1. The van der Waals surface area contributed by atoms with E-state index in [0.29, 0.717) is 30.8 Å². The molecule has 132 valence electrons. The van der Waals surface area contributed by atoms with Gasteiger partial charge in [-0.05, 0) is 37.5 Å². The Bertz CT molecular complexity index is 798. The predicted octanol–water partition coefficient (Wildman–Crippen LogP) is 2.17. The number of nitrogens with zero attached hydrogens (tertiary/aromatic N) is 1. The third kappa shape index (κ3) is 4.17. The molecule has 0 radical (unpaired) electrons. The second kappa shape index (κ2) is 7.66. The van der Waals surface area contributed by atoms with E-state index in [1.165, 1.54) is 5.56 Å². The minimum Gasteiger partial charge on any atom is -0.427 e. The van der Waals surface area contributed by atoms with Crippen LogP contribution in [0, 0.1) is 6.92 Å². The van der Waals surface area contributed by atoms with Crippen molar-refractivity contribution in [3.8, 4) is 0 Å². The van der Waals surface area contributed by atoms with Gasteiger partial charge in [0.15, 0.2) is 0 Å². The van der Waals surface area contributed by atoms with E-state index in [4.69, 9.17) is 4.42 Å². The van der Waals surface area contributed by atoms with Gasteiger partial charge in [0, 0.05) is 32.1 Å². The molecule has 2 heterocycles. The number of benzene rings is 1. The van der Waals surface area contributed by atoms with E-state index < -0.39 is 5.63 Å². The van der Waals surface area contributed by atoms with E-state index in [0.717, 1.165) is 13.0 Å². The van der Waals surface area contributed by atoms with Gasteiger partial charge in [-0.1, -0.05) is 30.3 Å². The number of carbonyl (C=O) groups is 1. The Morgan fingerprint density at radius 3 is 2.72 bits per heavy atom. The molecule has 1 aliphatic heterocycles. The standard InChI is InChI=1S/C20H24N2O3/c1-14-12-17(9-8-16-6-4-3-5-7-16)25-20(24)18(14)19(23)22-11-10-21-15(2)13-22/h3-7,12,15,21H,8-11,13H2,1-2H3/t15-/m1/s1. The van der Waals surface area contributed by atoms with Crippen molar-refractivity contribution in [1.29, 1.82) is 0 Å². The molecule has 1 fully saturated rings. The highest BCUT2D eigenvalue weighted by molar-refractivity contribution is 5.95. The van der Waals surface area contributed by atoms with E-state index in [2.05, 4.69) is 17.4 Å². The van der Waals surface area contributed by atoms with E-state index in [9.17, 15) is 9.59 Å². The predicted molar refractivity (Wildman–Crippen MR) is 96.9 cm³/mol. The third-order valence-corrected chi connectivity index (χ3v) is 4.57. The lowest BCUT2D eigenvalue weighted by molar-refractivity contribution is 0.0703. The molecule has 5 nitrogen and oxygen atoms in total. The zero-order valence-electron chi connectivity index (χ0n) is 14.7. The Kier molecular flexibility index (Phi) is 5.34. The first-order valence-electron chi connectivity index (χ1n) is 8.75. The molecule has 25 heavy (non-hydrogen) atoms. The summed E-state index contributed by atoms with van der Waals surface area (Å²) in [7, 11) is 0. The van der Waals surface area contributed by atoms with Gasteiger partial charge in [-0.3, -0.25) is 4.79 Å². The summed E-state index contributed by atoms with van der Waals surface area (Å²) < 4.78 is 5.43. The lowest BCUT2D eigenvalue weighted by Crippen LogP contribution is -2.52. The van der Waals surface area contributed by atoms with Crippen LogP contribution in [0.15, 0.2) is 45.6 Å². The van der Waals surface area contributed by atoms with Crippen molar-refractivity contribution in [3.63, 3.8) is 0 Å². The first-order chi connectivity index (χ1) is 12.0. The van der Waals surface area contributed by atoms with Gasteiger partial charge < -0.3 is 14.6 Å². The van der Waals surface area contributed by atoms with Crippen LogP contribution in [-0.2, 0) is 12.8 Å². The fraction of sp³-hybridized carbons (Fsp3) is 0.400. The molecule has 1 amide bonds. The monoisotopic (exact) mass is 340 g/mol. The second-order valence-electron chi connectivity index (χ2n) is 6.65. The maximum Gasteiger partial charge on any atom is 0.349 e. The van der Waals surface area contributed by atoms with Crippen molar-refractivity contribution in [1.82, 2.24) is 10.2 Å². The van der Waals surface area contributed by atoms with Crippen LogP contribution in [0.2, 0.25) is 0 Å². The molecule has 0 unspecified atom stereocenters. The van der Waals surface area contributed by atoms with E-state index >= 15 is 0 Å². The number of amides is 1. The summed E-state index contributed by atoms with van der Waals surface area (Å²) in [6.45, 7) is 5.79. The number of aryl methyl sites for hydroxylation is 3. The number of hydrogen-bond acceptors (Lipinski definition) is 4. The van der Waals surface area contributed by atoms with Crippen LogP contribution in [0.4, 0.5) is 0 Å². The van der Waals surface area contributed by atoms with Crippen molar-refractivity contribution in [2.24, 2.45) is 0 Å². The smallest absolute Gasteiger partial charge is 0.349 e. The van der Waals surface area contributed by atoms with Gasteiger partial charge in [0.05, 0.1) is 0 Å². The Labute approximate surface area is 147 Å². The molecule has 5 heteroatoms. The zero-order chi connectivity index (χ0) is 17.8. The number of piperazine rings is 1. The molecule has 0 spiro atoms. The molecular weight excluding hydrogens is 316 g/mol. The molecule has 1 aromatic carbocycles. The minimum atomic E-state index is -0.528. The summed E-state index contributed by atoms with van der Waals surface area (Å²) in [4.78, 5) is 26.9. The largest absolute Gasteiger partial charge is 0.427 e. The van der Waals surface area contributed by atoms with Crippen LogP contribution >= 0.6 is 0 Å². The second-order valence-corrected chi connectivity index (χ2v) is 6.65. The van der Waals surface area contributed by atoms with Crippen LogP contribution in [0.5, 0.6) is 0 Å². The average Bonchev–Trinajstić information content (AvgIpc) is 2.60.